The van der Waals surface area contributed by atoms with Crippen LogP contribution in [0.15, 0.2) is 42.5 Å². The lowest BCUT2D eigenvalue weighted by Crippen LogP contribution is -2.49. The third kappa shape index (κ3) is 2.81. The van der Waals surface area contributed by atoms with Crippen molar-refractivity contribution in [3.8, 4) is 0 Å². The Bertz CT molecular complexity index is 626. The normalized spacial score (nSPS) is 17.9. The first-order chi connectivity index (χ1) is 9.72. The SMILES string of the molecule is NC(CN1CCNC(=O)C1)c1ccc2ccccc2c1. The third-order valence-electron chi connectivity index (χ3n) is 3.77. The van der Waals surface area contributed by atoms with Crippen LogP contribution in [-0.4, -0.2) is 37.0 Å². The predicted molar refractivity (Wildman–Crippen MR) is 80.3 cm³/mol. The molecule has 1 heterocycles. The van der Waals surface area contributed by atoms with E-state index >= 15 is 0 Å². The Morgan fingerprint density at radius 1 is 1.20 bits per heavy atom. The van der Waals surface area contributed by atoms with Gasteiger partial charge in [-0.1, -0.05) is 36.4 Å². The Morgan fingerprint density at radius 3 is 2.80 bits per heavy atom. The van der Waals surface area contributed by atoms with Crippen LogP contribution in [0.4, 0.5) is 0 Å². The Balaban J connectivity index is 1.74. The van der Waals surface area contributed by atoms with Gasteiger partial charge in [-0.2, -0.15) is 0 Å². The number of nitrogens with two attached hydrogens (primary N) is 1. The Labute approximate surface area is 118 Å². The molecule has 1 aliphatic rings. The first-order valence-electron chi connectivity index (χ1n) is 6.96. The summed E-state index contributed by atoms with van der Waals surface area (Å²) < 4.78 is 0. The van der Waals surface area contributed by atoms with Crippen molar-refractivity contribution in [3.63, 3.8) is 0 Å². The van der Waals surface area contributed by atoms with Gasteiger partial charge in [-0.15, -0.1) is 0 Å². The van der Waals surface area contributed by atoms with Gasteiger partial charge >= 0.3 is 0 Å². The van der Waals surface area contributed by atoms with Crippen molar-refractivity contribution in [1.29, 1.82) is 0 Å². The molecule has 3 N–H and O–H groups in total. The van der Waals surface area contributed by atoms with E-state index in [1.54, 1.807) is 0 Å². The number of hydrogen-bond donors (Lipinski definition) is 2. The molecular formula is C16H19N3O. The van der Waals surface area contributed by atoms with Gasteiger partial charge in [-0.25, -0.2) is 0 Å². The Morgan fingerprint density at radius 2 is 2.00 bits per heavy atom. The summed E-state index contributed by atoms with van der Waals surface area (Å²) >= 11 is 0. The van der Waals surface area contributed by atoms with E-state index in [1.807, 2.05) is 12.1 Å². The minimum absolute atomic E-state index is 0.0643. The van der Waals surface area contributed by atoms with Gasteiger partial charge in [0.25, 0.3) is 0 Å². The molecular weight excluding hydrogens is 250 g/mol. The highest BCUT2D eigenvalue weighted by atomic mass is 16.2. The van der Waals surface area contributed by atoms with Gasteiger partial charge in [0, 0.05) is 25.7 Å². The van der Waals surface area contributed by atoms with E-state index in [0.29, 0.717) is 19.6 Å². The average molecular weight is 269 g/mol. The summed E-state index contributed by atoms with van der Waals surface area (Å²) in [5, 5.41) is 5.26. The lowest BCUT2D eigenvalue weighted by atomic mass is 10.0. The number of rotatable bonds is 3. The molecule has 1 unspecified atom stereocenters. The van der Waals surface area contributed by atoms with Gasteiger partial charge in [0.15, 0.2) is 0 Å². The second-order valence-electron chi connectivity index (χ2n) is 5.30. The van der Waals surface area contributed by atoms with E-state index in [-0.39, 0.29) is 11.9 Å². The third-order valence-corrected chi connectivity index (χ3v) is 3.77. The van der Waals surface area contributed by atoms with E-state index in [4.69, 9.17) is 5.73 Å². The van der Waals surface area contributed by atoms with Gasteiger partial charge in [-0.3, -0.25) is 9.69 Å². The van der Waals surface area contributed by atoms with Gasteiger partial charge in [0.1, 0.15) is 0 Å². The van der Waals surface area contributed by atoms with Crippen molar-refractivity contribution < 1.29 is 4.79 Å². The number of hydrogen-bond acceptors (Lipinski definition) is 3. The van der Waals surface area contributed by atoms with Crippen LogP contribution in [-0.2, 0) is 4.79 Å². The second-order valence-corrected chi connectivity index (χ2v) is 5.30. The van der Waals surface area contributed by atoms with Crippen LogP contribution in [0.1, 0.15) is 11.6 Å². The van der Waals surface area contributed by atoms with Crippen molar-refractivity contribution in [2.24, 2.45) is 5.73 Å². The fourth-order valence-corrected chi connectivity index (χ4v) is 2.67. The summed E-state index contributed by atoms with van der Waals surface area (Å²) in [6, 6.07) is 14.5. The van der Waals surface area contributed by atoms with Crippen LogP contribution in [0.3, 0.4) is 0 Å². The van der Waals surface area contributed by atoms with Crippen LogP contribution < -0.4 is 11.1 Å². The first-order valence-corrected chi connectivity index (χ1v) is 6.96. The molecule has 3 rings (SSSR count). The molecule has 0 bridgehead atoms. The number of carbonyl (C=O) groups is 1. The lowest BCUT2D eigenvalue weighted by molar-refractivity contribution is -0.124. The monoisotopic (exact) mass is 269 g/mol. The minimum atomic E-state index is -0.0643. The number of nitrogens with zero attached hydrogens (tertiary/aromatic N) is 1. The molecule has 1 aliphatic heterocycles. The largest absolute Gasteiger partial charge is 0.354 e. The molecule has 0 aliphatic carbocycles. The molecule has 104 valence electrons. The zero-order chi connectivity index (χ0) is 13.9. The van der Waals surface area contributed by atoms with E-state index in [9.17, 15) is 4.79 Å². The van der Waals surface area contributed by atoms with Crippen molar-refractivity contribution in [3.05, 3.63) is 48.0 Å². The number of carbonyl (C=O) groups excluding carboxylic acids is 1. The van der Waals surface area contributed by atoms with E-state index in [1.165, 1.54) is 10.8 Å². The smallest absolute Gasteiger partial charge is 0.234 e. The quantitative estimate of drug-likeness (QED) is 0.882. The number of amides is 1. The molecule has 2 aromatic carbocycles. The summed E-state index contributed by atoms with van der Waals surface area (Å²) in [5.41, 5.74) is 7.41. The van der Waals surface area contributed by atoms with E-state index in [2.05, 4.69) is 40.5 Å². The summed E-state index contributed by atoms with van der Waals surface area (Å²) in [6.07, 6.45) is 0. The van der Waals surface area contributed by atoms with E-state index < -0.39 is 0 Å². The summed E-state index contributed by atoms with van der Waals surface area (Å²) in [6.45, 7) is 2.74. The maximum absolute atomic E-state index is 11.4. The van der Waals surface area contributed by atoms with Crippen molar-refractivity contribution in [1.82, 2.24) is 10.2 Å². The van der Waals surface area contributed by atoms with Crippen molar-refractivity contribution in [2.45, 2.75) is 6.04 Å². The van der Waals surface area contributed by atoms with Gasteiger partial charge in [-0.05, 0) is 22.4 Å². The van der Waals surface area contributed by atoms with Crippen LogP contribution in [0.25, 0.3) is 10.8 Å². The zero-order valence-electron chi connectivity index (χ0n) is 11.4. The number of fused-ring (bicyclic) bond motifs is 1. The lowest BCUT2D eigenvalue weighted by Gasteiger charge is -2.29. The molecule has 4 nitrogen and oxygen atoms in total. The zero-order valence-corrected chi connectivity index (χ0v) is 11.4. The molecule has 1 saturated heterocycles. The molecule has 2 aromatic rings. The van der Waals surface area contributed by atoms with Gasteiger partial charge in [0.05, 0.1) is 6.54 Å². The summed E-state index contributed by atoms with van der Waals surface area (Å²) in [7, 11) is 0. The molecule has 0 saturated carbocycles. The maximum Gasteiger partial charge on any atom is 0.234 e. The molecule has 0 radical (unpaired) electrons. The Kier molecular flexibility index (Phi) is 3.67. The number of piperazine rings is 1. The highest BCUT2D eigenvalue weighted by Crippen LogP contribution is 2.20. The number of benzene rings is 2. The fourth-order valence-electron chi connectivity index (χ4n) is 2.67. The van der Waals surface area contributed by atoms with Gasteiger partial charge in [0.2, 0.25) is 5.91 Å². The highest BCUT2D eigenvalue weighted by Gasteiger charge is 2.19. The first kappa shape index (κ1) is 13.1. The van der Waals surface area contributed by atoms with Crippen LogP contribution in [0, 0.1) is 0 Å². The van der Waals surface area contributed by atoms with Crippen LogP contribution >= 0.6 is 0 Å². The molecule has 4 heteroatoms. The summed E-state index contributed by atoms with van der Waals surface area (Å²) in [5.74, 6) is 0.0851. The minimum Gasteiger partial charge on any atom is -0.354 e. The summed E-state index contributed by atoms with van der Waals surface area (Å²) in [4.78, 5) is 13.5. The van der Waals surface area contributed by atoms with Crippen LogP contribution in [0.5, 0.6) is 0 Å². The van der Waals surface area contributed by atoms with E-state index in [0.717, 1.165) is 12.1 Å². The molecule has 1 amide bonds. The maximum atomic E-state index is 11.4. The molecule has 0 spiro atoms. The fraction of sp³-hybridized carbons (Fsp3) is 0.312. The molecule has 0 aromatic heterocycles. The molecule has 1 atom stereocenters. The van der Waals surface area contributed by atoms with Crippen molar-refractivity contribution in [2.75, 3.05) is 26.2 Å². The average Bonchev–Trinajstić information content (AvgIpc) is 2.47. The highest BCUT2D eigenvalue weighted by molar-refractivity contribution is 5.83. The Hall–Kier alpha value is -1.91. The van der Waals surface area contributed by atoms with Crippen molar-refractivity contribution >= 4 is 16.7 Å². The molecule has 20 heavy (non-hydrogen) atoms. The topological polar surface area (TPSA) is 58.4 Å². The molecule has 1 fully saturated rings. The van der Waals surface area contributed by atoms with Crippen LogP contribution in [0.2, 0.25) is 0 Å². The standard InChI is InChI=1S/C16H19N3O/c17-15(10-19-8-7-18-16(20)11-19)14-6-5-12-3-1-2-4-13(12)9-14/h1-6,9,15H,7-8,10-11,17H2,(H,18,20). The number of nitrogens with one attached hydrogen (secondary N) is 1. The predicted octanol–water partition coefficient (Wildman–Crippen LogP) is 1.27. The van der Waals surface area contributed by atoms with Gasteiger partial charge < -0.3 is 11.1 Å². The second kappa shape index (κ2) is 5.61.